The van der Waals surface area contributed by atoms with Crippen molar-refractivity contribution in [2.45, 2.75) is 89.4 Å². The van der Waals surface area contributed by atoms with Gasteiger partial charge in [-0.1, -0.05) is 75.8 Å². The Bertz CT molecular complexity index is 823. The van der Waals surface area contributed by atoms with E-state index >= 15 is 0 Å². The van der Waals surface area contributed by atoms with Crippen LogP contribution in [-0.2, 0) is 0 Å². The number of hydrogen-bond donors (Lipinski definition) is 0. The highest BCUT2D eigenvalue weighted by Gasteiger charge is 2.27. The smallest absolute Gasteiger partial charge is 0.194 e. The van der Waals surface area contributed by atoms with Gasteiger partial charge in [-0.05, 0) is 85.0 Å². The molecule has 2 aliphatic carbocycles. The lowest BCUT2D eigenvalue weighted by molar-refractivity contribution is 0.220. The fraction of sp³-hybridized carbons (Fsp3) is 0.586. The van der Waals surface area contributed by atoms with Crippen LogP contribution < -0.4 is 0 Å². The lowest BCUT2D eigenvalue weighted by Gasteiger charge is -2.33. The van der Waals surface area contributed by atoms with Crippen LogP contribution in [0.5, 0.6) is 0 Å². The third-order valence-electron chi connectivity index (χ3n) is 8.33. The summed E-state index contributed by atoms with van der Waals surface area (Å²) in [6.07, 6.45) is 13.6. The van der Waals surface area contributed by atoms with Gasteiger partial charge in [0.2, 0.25) is 0 Å². The minimum atomic E-state index is -1.35. The quantitative estimate of drug-likeness (QED) is 0.375. The lowest BCUT2D eigenvalue weighted by atomic mass is 9.73. The minimum absolute atomic E-state index is 0.165. The van der Waals surface area contributed by atoms with Crippen LogP contribution in [0.4, 0.5) is 13.2 Å². The van der Waals surface area contributed by atoms with Crippen LogP contribution in [0.3, 0.4) is 0 Å². The molecule has 0 nitrogen and oxygen atoms in total. The van der Waals surface area contributed by atoms with E-state index in [1.807, 2.05) is 0 Å². The molecule has 2 saturated carbocycles. The fourth-order valence-corrected chi connectivity index (χ4v) is 6.24. The van der Waals surface area contributed by atoms with Crippen LogP contribution in [0.15, 0.2) is 42.5 Å². The molecule has 3 heteroatoms. The maximum Gasteiger partial charge on any atom is 0.194 e. The summed E-state index contributed by atoms with van der Waals surface area (Å²) >= 11 is 0. The van der Waals surface area contributed by atoms with Crippen LogP contribution in [0.2, 0.25) is 0 Å². The van der Waals surface area contributed by atoms with Crippen molar-refractivity contribution in [2.24, 2.45) is 17.8 Å². The molecule has 0 aromatic heterocycles. The Balaban J connectivity index is 1.16. The Labute approximate surface area is 191 Å². The second kappa shape index (κ2) is 10.9. The van der Waals surface area contributed by atoms with E-state index in [-0.39, 0.29) is 5.92 Å². The molecule has 1 atom stereocenters. The Morgan fingerprint density at radius 2 is 1.22 bits per heavy atom. The molecule has 0 spiro atoms. The summed E-state index contributed by atoms with van der Waals surface area (Å²) in [5, 5.41) is 0. The van der Waals surface area contributed by atoms with Crippen LogP contribution in [-0.4, -0.2) is 0 Å². The molecule has 2 aliphatic rings. The average molecular weight is 443 g/mol. The molecule has 174 valence electrons. The summed E-state index contributed by atoms with van der Waals surface area (Å²) in [6.45, 7) is 2.37. The topological polar surface area (TPSA) is 0 Å². The van der Waals surface area contributed by atoms with Crippen LogP contribution in [0.1, 0.15) is 101 Å². The molecule has 0 bridgehead atoms. The zero-order valence-corrected chi connectivity index (χ0v) is 19.3. The Morgan fingerprint density at radius 3 is 1.78 bits per heavy atom. The van der Waals surface area contributed by atoms with E-state index in [9.17, 15) is 13.2 Å². The second-order valence-electron chi connectivity index (χ2n) is 10.5. The van der Waals surface area contributed by atoms with Gasteiger partial charge in [0.25, 0.3) is 0 Å². The first-order valence-electron chi connectivity index (χ1n) is 12.7. The molecule has 4 rings (SSSR count). The molecule has 2 aromatic carbocycles. The Morgan fingerprint density at radius 1 is 0.719 bits per heavy atom. The van der Waals surface area contributed by atoms with Gasteiger partial charge in [-0.25, -0.2) is 13.2 Å². The van der Waals surface area contributed by atoms with E-state index in [1.54, 1.807) is 0 Å². The third kappa shape index (κ3) is 5.97. The maximum atomic E-state index is 13.6. The number of benzene rings is 2. The molecule has 0 heterocycles. The lowest BCUT2D eigenvalue weighted by Crippen LogP contribution is -2.18. The van der Waals surface area contributed by atoms with Gasteiger partial charge >= 0.3 is 0 Å². The van der Waals surface area contributed by atoms with Gasteiger partial charge in [0.05, 0.1) is 0 Å². The number of hydrogen-bond acceptors (Lipinski definition) is 0. The van der Waals surface area contributed by atoms with Gasteiger partial charge < -0.3 is 0 Å². The van der Waals surface area contributed by atoms with Gasteiger partial charge in [0, 0.05) is 0 Å². The molecule has 0 saturated heterocycles. The van der Waals surface area contributed by atoms with E-state index in [1.165, 1.54) is 62.6 Å². The summed E-state index contributed by atoms with van der Waals surface area (Å²) in [5.74, 6) is -0.186. The van der Waals surface area contributed by atoms with Gasteiger partial charge in [-0.15, -0.1) is 0 Å². The van der Waals surface area contributed by atoms with Crippen LogP contribution >= 0.6 is 0 Å². The molecule has 0 amide bonds. The summed E-state index contributed by atoms with van der Waals surface area (Å²) in [5.41, 5.74) is 2.10. The SMILES string of the molecule is C[C@H](CC1CCC(CCC2CCC(c3cc(F)c(F)c(F)c3)CC2)CC1)c1ccccc1. The zero-order chi connectivity index (χ0) is 22.5. The summed E-state index contributed by atoms with van der Waals surface area (Å²) < 4.78 is 40.4. The Hall–Kier alpha value is -1.77. The molecule has 0 N–H and O–H groups in total. The highest BCUT2D eigenvalue weighted by atomic mass is 19.2. The Kier molecular flexibility index (Phi) is 7.97. The fourth-order valence-electron chi connectivity index (χ4n) is 6.24. The summed E-state index contributed by atoms with van der Waals surface area (Å²) in [6, 6.07) is 13.3. The minimum Gasteiger partial charge on any atom is -0.204 e. The molecule has 0 aliphatic heterocycles. The van der Waals surface area contributed by atoms with E-state index in [2.05, 4.69) is 37.3 Å². The second-order valence-corrected chi connectivity index (χ2v) is 10.5. The standard InChI is InChI=1S/C29H37F3/c1-20(24-5-3-2-4-6-24)17-23-11-9-21(10-12-23)7-8-22-13-15-25(16-14-22)26-18-27(30)29(32)28(31)19-26/h2-6,18-23,25H,7-17H2,1H3/t20-,21?,22?,23?,25?/m1/s1. The molecular formula is C29H37F3. The van der Waals surface area contributed by atoms with Gasteiger partial charge in [-0.2, -0.15) is 0 Å². The normalized spacial score (nSPS) is 27.2. The van der Waals surface area contributed by atoms with Crippen molar-refractivity contribution < 1.29 is 13.2 Å². The predicted octanol–water partition coefficient (Wildman–Crippen LogP) is 9.16. The maximum absolute atomic E-state index is 13.6. The highest BCUT2D eigenvalue weighted by Crippen LogP contribution is 2.41. The van der Waals surface area contributed by atoms with Crippen molar-refractivity contribution in [1.82, 2.24) is 0 Å². The van der Waals surface area contributed by atoms with Crippen LogP contribution in [0.25, 0.3) is 0 Å². The highest BCUT2D eigenvalue weighted by molar-refractivity contribution is 5.23. The van der Waals surface area contributed by atoms with Crippen molar-refractivity contribution in [1.29, 1.82) is 0 Å². The largest absolute Gasteiger partial charge is 0.204 e. The molecule has 2 aromatic rings. The van der Waals surface area contributed by atoms with Crippen molar-refractivity contribution in [3.8, 4) is 0 Å². The van der Waals surface area contributed by atoms with Crippen molar-refractivity contribution in [3.63, 3.8) is 0 Å². The van der Waals surface area contributed by atoms with Crippen LogP contribution in [0, 0.1) is 35.2 Å². The average Bonchev–Trinajstić information content (AvgIpc) is 2.82. The van der Waals surface area contributed by atoms with Crippen molar-refractivity contribution in [3.05, 3.63) is 71.0 Å². The number of halogens is 3. The van der Waals surface area contributed by atoms with E-state index < -0.39 is 17.5 Å². The molecule has 0 unspecified atom stereocenters. The van der Waals surface area contributed by atoms with Gasteiger partial charge in [-0.3, -0.25) is 0 Å². The predicted molar refractivity (Wildman–Crippen MR) is 125 cm³/mol. The molecule has 0 radical (unpaired) electrons. The van der Waals surface area contributed by atoms with Gasteiger partial charge in [0.15, 0.2) is 17.5 Å². The van der Waals surface area contributed by atoms with E-state index in [4.69, 9.17) is 0 Å². The van der Waals surface area contributed by atoms with Crippen molar-refractivity contribution >= 4 is 0 Å². The first kappa shape index (κ1) is 23.4. The molecule has 32 heavy (non-hydrogen) atoms. The van der Waals surface area contributed by atoms with E-state index in [0.29, 0.717) is 11.5 Å². The molecular weight excluding hydrogens is 405 g/mol. The summed E-state index contributed by atoms with van der Waals surface area (Å²) in [4.78, 5) is 0. The summed E-state index contributed by atoms with van der Waals surface area (Å²) in [7, 11) is 0. The van der Waals surface area contributed by atoms with Crippen molar-refractivity contribution in [2.75, 3.05) is 0 Å². The molecule has 2 fully saturated rings. The zero-order valence-electron chi connectivity index (χ0n) is 19.3. The first-order valence-corrected chi connectivity index (χ1v) is 12.7. The third-order valence-corrected chi connectivity index (χ3v) is 8.33. The van der Waals surface area contributed by atoms with E-state index in [0.717, 1.165) is 43.4 Å². The monoisotopic (exact) mass is 442 g/mol. The number of rotatable bonds is 7. The first-order chi connectivity index (χ1) is 15.5. The van der Waals surface area contributed by atoms with Gasteiger partial charge in [0.1, 0.15) is 0 Å².